The van der Waals surface area contributed by atoms with Gasteiger partial charge in [0.1, 0.15) is 5.75 Å². The van der Waals surface area contributed by atoms with Crippen molar-refractivity contribution in [3.8, 4) is 5.75 Å². The van der Waals surface area contributed by atoms with E-state index < -0.39 is 45.4 Å². The van der Waals surface area contributed by atoms with Crippen molar-refractivity contribution in [3.63, 3.8) is 0 Å². The van der Waals surface area contributed by atoms with Crippen LogP contribution in [0.25, 0.3) is 0 Å². The van der Waals surface area contributed by atoms with Crippen LogP contribution in [0.5, 0.6) is 5.75 Å². The summed E-state index contributed by atoms with van der Waals surface area (Å²) in [6.07, 6.45) is 9.27. The second kappa shape index (κ2) is 15.7. The van der Waals surface area contributed by atoms with Gasteiger partial charge < -0.3 is 24.4 Å². The molecule has 3 aliphatic carbocycles. The van der Waals surface area contributed by atoms with E-state index in [9.17, 15) is 31.9 Å². The number of anilines is 1. The Morgan fingerprint density at radius 3 is 2.65 bits per heavy atom. The molecular formula is C41H52ClF2N5O7S. The summed E-state index contributed by atoms with van der Waals surface area (Å²) in [7, 11) is -2.76. The quantitative estimate of drug-likeness (QED) is 0.333. The molecule has 2 saturated carbocycles. The number of rotatable bonds is 8. The first-order valence-corrected chi connectivity index (χ1v) is 22.0. The van der Waals surface area contributed by atoms with E-state index in [2.05, 4.69) is 15.7 Å². The predicted octanol–water partition coefficient (Wildman–Crippen LogP) is 4.28. The number of carbonyl (C=O) groups is 2. The number of aliphatic hydroxyl groups is 1. The summed E-state index contributed by atoms with van der Waals surface area (Å²) in [4.78, 5) is 33.2. The van der Waals surface area contributed by atoms with Crippen LogP contribution in [0.4, 0.5) is 14.5 Å². The van der Waals surface area contributed by atoms with Crippen LogP contribution in [0.15, 0.2) is 48.6 Å². The molecule has 0 aromatic heterocycles. The first kappa shape index (κ1) is 40.4. The molecule has 2 bridgehead atoms. The number of aryl methyl sites for hydroxylation is 1. The molecule has 3 heterocycles. The minimum absolute atomic E-state index is 0.0671. The van der Waals surface area contributed by atoms with Crippen molar-refractivity contribution in [1.82, 2.24) is 19.2 Å². The van der Waals surface area contributed by atoms with Crippen LogP contribution in [0.1, 0.15) is 68.1 Å². The summed E-state index contributed by atoms with van der Waals surface area (Å²) >= 11 is 6.48. The molecular weight excluding hydrogens is 780 g/mol. The number of alkyl halides is 2. The summed E-state index contributed by atoms with van der Waals surface area (Å²) in [5, 5.41) is 13.0. The molecule has 3 aliphatic heterocycles. The van der Waals surface area contributed by atoms with Crippen LogP contribution in [0, 0.1) is 11.8 Å². The van der Waals surface area contributed by atoms with E-state index in [1.165, 1.54) is 22.1 Å². The highest BCUT2D eigenvalue weighted by Crippen LogP contribution is 2.48. The lowest BCUT2D eigenvalue weighted by molar-refractivity contribution is -0.148. The molecule has 0 unspecified atom stereocenters. The van der Waals surface area contributed by atoms with E-state index in [4.69, 9.17) is 21.1 Å². The van der Waals surface area contributed by atoms with Gasteiger partial charge in [0.25, 0.3) is 11.8 Å². The molecule has 6 aliphatic rings. The average Bonchev–Trinajstić information content (AvgIpc) is 3.96. The number of nitrogens with zero attached hydrogens (tertiary/aromatic N) is 3. The Balaban J connectivity index is 1.16. The Bertz CT molecular complexity index is 2010. The number of ether oxygens (including phenoxy) is 2. The van der Waals surface area contributed by atoms with Gasteiger partial charge in [-0.1, -0.05) is 35.9 Å². The lowest BCUT2D eigenvalue weighted by Crippen LogP contribution is -2.57. The topological polar surface area (TPSA) is 141 Å². The Kier molecular flexibility index (Phi) is 11.1. The number of hydrogen-bond donors (Lipinski definition) is 3. The van der Waals surface area contributed by atoms with Crippen LogP contribution in [0.3, 0.4) is 0 Å². The third-order valence-electron chi connectivity index (χ3n) is 12.8. The summed E-state index contributed by atoms with van der Waals surface area (Å²) in [5.41, 5.74) is 0.0727. The number of fused-ring (bicyclic) bond motifs is 4. The van der Waals surface area contributed by atoms with Crippen molar-refractivity contribution in [1.29, 1.82) is 0 Å². The minimum Gasteiger partial charge on any atom is -0.490 e. The van der Waals surface area contributed by atoms with Crippen molar-refractivity contribution in [2.75, 3.05) is 64.4 Å². The highest BCUT2D eigenvalue weighted by atomic mass is 35.5. The number of benzene rings is 2. The van der Waals surface area contributed by atoms with Crippen LogP contribution < -0.4 is 19.1 Å². The van der Waals surface area contributed by atoms with Crippen molar-refractivity contribution < 1.29 is 41.4 Å². The maximum Gasteiger partial charge on any atom is 0.301 e. The molecule has 8 rings (SSSR count). The number of nitrogens with one attached hydrogen (secondary N) is 2. The largest absolute Gasteiger partial charge is 0.490 e. The number of amides is 2. The maximum absolute atomic E-state index is 14.0. The lowest BCUT2D eigenvalue weighted by Gasteiger charge is -2.46. The van der Waals surface area contributed by atoms with Crippen molar-refractivity contribution in [3.05, 3.63) is 70.3 Å². The number of hydrogen-bond acceptors (Lipinski definition) is 9. The zero-order valence-corrected chi connectivity index (χ0v) is 33.8. The van der Waals surface area contributed by atoms with Gasteiger partial charge in [0.05, 0.1) is 44.5 Å². The molecule has 1 saturated heterocycles. The van der Waals surface area contributed by atoms with Crippen LogP contribution in [0.2, 0.25) is 5.02 Å². The third-order valence-corrected chi connectivity index (χ3v) is 14.1. The fraction of sp³-hybridized carbons (Fsp3) is 0.610. The molecule has 16 heteroatoms. The van der Waals surface area contributed by atoms with E-state index in [-0.39, 0.29) is 49.2 Å². The van der Waals surface area contributed by atoms with Gasteiger partial charge in [-0.15, -0.1) is 0 Å². The number of carbonyl (C=O) groups excluding carboxylic acids is 2. The maximum atomic E-state index is 14.0. The fourth-order valence-electron chi connectivity index (χ4n) is 9.26. The zero-order chi connectivity index (χ0) is 40.2. The van der Waals surface area contributed by atoms with Crippen LogP contribution in [-0.2, 0) is 42.0 Å². The van der Waals surface area contributed by atoms with E-state index in [1.807, 2.05) is 29.0 Å². The summed E-state index contributed by atoms with van der Waals surface area (Å²) in [6, 6.07) is 10.6. The molecule has 12 nitrogen and oxygen atoms in total. The van der Waals surface area contributed by atoms with Gasteiger partial charge >= 0.3 is 10.2 Å². The molecule has 2 amide bonds. The molecule has 3 N–H and O–H groups in total. The normalized spacial score (nSPS) is 30.9. The summed E-state index contributed by atoms with van der Waals surface area (Å²) < 4.78 is 70.6. The van der Waals surface area contributed by atoms with E-state index >= 15 is 0 Å². The van der Waals surface area contributed by atoms with Crippen LogP contribution >= 0.6 is 11.6 Å². The number of likely N-dealkylation sites (tertiary alicyclic amines) is 1. The standard InChI is InChI=1S/C41H52ClF2N5O7S/c1-47-16-3-2-6-35(55-18-17-48-24-40(43,44)25-48)32-12-7-28(32)22-49-23-39(15-4-5-27-19-30(42)9-13-33(27)39)26-56-36-14-8-29(20-34(36)49)41(52,21-37(47)50)38(51)46-57(53,54)45-31-10-11-31/h2,6,8-9,13-14,19-20,28,31-32,35,45,52H,3-5,7,10-12,15-18,21-26H2,1H3,(H,46,51)/b6-2-/t28-,32+,35-,39-,41+/m0/s1. The molecule has 57 heavy (non-hydrogen) atoms. The third kappa shape index (κ3) is 8.70. The minimum atomic E-state index is -4.33. The molecule has 1 spiro atoms. The second-order valence-electron chi connectivity index (χ2n) is 17.1. The monoisotopic (exact) mass is 831 g/mol. The first-order chi connectivity index (χ1) is 27.1. The molecule has 2 aromatic rings. The van der Waals surface area contributed by atoms with Crippen molar-refractivity contribution in [2.24, 2.45) is 11.8 Å². The van der Waals surface area contributed by atoms with E-state index in [0.29, 0.717) is 68.6 Å². The SMILES string of the molecule is CN1CC/C=C\[C@H](OCCN2CC(F)(F)C2)[C@@H]2CC[C@H]2CN2C[C@@]3(CCCc4cc(Cl)ccc43)COc3ccc(cc32)[C@@](O)(C(=O)NS(=O)(=O)NC2CC2)CC1=O. The Hall–Kier alpha value is -3.34. The molecule has 3 fully saturated rings. The van der Waals surface area contributed by atoms with Crippen LogP contribution in [-0.4, -0.2) is 113 Å². The average molecular weight is 832 g/mol. The highest BCUT2D eigenvalue weighted by Gasteiger charge is 2.48. The van der Waals surface area contributed by atoms with Gasteiger partial charge in [-0.25, -0.2) is 13.5 Å². The van der Waals surface area contributed by atoms with Gasteiger partial charge in [0.15, 0.2) is 5.60 Å². The lowest BCUT2D eigenvalue weighted by atomic mass is 9.68. The predicted molar refractivity (Wildman–Crippen MR) is 211 cm³/mol. The molecule has 5 atom stereocenters. The Labute approximate surface area is 338 Å². The Morgan fingerprint density at radius 2 is 1.91 bits per heavy atom. The molecule has 310 valence electrons. The second-order valence-corrected chi connectivity index (χ2v) is 19.0. The summed E-state index contributed by atoms with van der Waals surface area (Å²) in [5.74, 6) is -3.59. The van der Waals surface area contributed by atoms with Gasteiger partial charge in [0.2, 0.25) is 5.91 Å². The van der Waals surface area contributed by atoms with Gasteiger partial charge in [0, 0.05) is 49.7 Å². The van der Waals surface area contributed by atoms with E-state index in [1.54, 1.807) is 24.1 Å². The fourth-order valence-corrected chi connectivity index (χ4v) is 10.6. The van der Waals surface area contributed by atoms with Gasteiger partial charge in [-0.2, -0.15) is 13.1 Å². The number of halogens is 3. The van der Waals surface area contributed by atoms with Gasteiger partial charge in [-0.3, -0.25) is 14.5 Å². The van der Waals surface area contributed by atoms with Crippen molar-refractivity contribution in [2.45, 2.75) is 86.9 Å². The molecule has 0 radical (unpaired) electrons. The van der Waals surface area contributed by atoms with E-state index in [0.717, 1.165) is 32.1 Å². The zero-order valence-electron chi connectivity index (χ0n) is 32.2. The molecule has 2 aromatic carbocycles. The Morgan fingerprint density at radius 1 is 1.11 bits per heavy atom. The van der Waals surface area contributed by atoms with Gasteiger partial charge in [-0.05, 0) is 104 Å². The highest BCUT2D eigenvalue weighted by molar-refractivity contribution is 7.88. The van der Waals surface area contributed by atoms with Crippen molar-refractivity contribution >= 4 is 39.3 Å². The first-order valence-electron chi connectivity index (χ1n) is 20.1. The summed E-state index contributed by atoms with van der Waals surface area (Å²) in [6.45, 7) is 1.98. The smallest absolute Gasteiger partial charge is 0.301 e.